The minimum Gasteiger partial charge on any atom is -0.393 e. The van der Waals surface area contributed by atoms with Crippen LogP contribution < -0.4 is 21.9 Å². The average Bonchev–Trinajstić information content (AvgIpc) is 2.76. The second kappa shape index (κ2) is 8.08. The summed E-state index contributed by atoms with van der Waals surface area (Å²) in [7, 11) is 0. The van der Waals surface area contributed by atoms with Crippen molar-refractivity contribution in [1.29, 1.82) is 0 Å². The lowest BCUT2D eigenvalue weighted by molar-refractivity contribution is 0.0964. The van der Waals surface area contributed by atoms with Gasteiger partial charge in [0.2, 0.25) is 0 Å². The van der Waals surface area contributed by atoms with Crippen molar-refractivity contribution < 1.29 is 4.79 Å². The molecule has 0 bridgehead atoms. The summed E-state index contributed by atoms with van der Waals surface area (Å²) >= 11 is 0. The maximum atomic E-state index is 12.7. The number of aryl methyl sites for hydroxylation is 2. The molecule has 30 heavy (non-hydrogen) atoms. The Kier molecular flexibility index (Phi) is 5.17. The molecule has 0 unspecified atom stereocenters. The van der Waals surface area contributed by atoms with E-state index >= 15 is 0 Å². The fourth-order valence-electron chi connectivity index (χ4n) is 3.20. The smallest absolute Gasteiger partial charge is 0.270 e. The Labute approximate surface area is 174 Å². The van der Waals surface area contributed by atoms with Gasteiger partial charge in [0.05, 0.1) is 0 Å². The Morgan fingerprint density at radius 1 is 0.933 bits per heavy atom. The topological polar surface area (TPSA) is 105 Å². The van der Waals surface area contributed by atoms with Gasteiger partial charge in [-0.05, 0) is 47.9 Å². The van der Waals surface area contributed by atoms with Crippen molar-refractivity contribution in [2.24, 2.45) is 0 Å². The molecule has 150 valence electrons. The van der Waals surface area contributed by atoms with Gasteiger partial charge in [-0.15, -0.1) is 0 Å². The summed E-state index contributed by atoms with van der Waals surface area (Å²) in [6, 6.07) is 19.4. The van der Waals surface area contributed by atoms with Crippen molar-refractivity contribution in [3.8, 4) is 0 Å². The van der Waals surface area contributed by atoms with Gasteiger partial charge in [-0.3, -0.25) is 15.6 Å². The van der Waals surface area contributed by atoms with Crippen molar-refractivity contribution >= 4 is 39.7 Å². The van der Waals surface area contributed by atoms with Gasteiger partial charge in [0.1, 0.15) is 12.0 Å². The monoisotopic (exact) mass is 398 g/mol. The molecule has 0 atom stereocenters. The lowest BCUT2D eigenvalue weighted by atomic mass is 10.0. The van der Waals surface area contributed by atoms with E-state index < -0.39 is 0 Å². The maximum Gasteiger partial charge on any atom is 0.270 e. The minimum atomic E-state index is -0.283. The van der Waals surface area contributed by atoms with Crippen LogP contribution in [0.4, 0.5) is 23.0 Å². The molecule has 4 aromatic rings. The van der Waals surface area contributed by atoms with Gasteiger partial charge in [0.25, 0.3) is 5.91 Å². The number of benzene rings is 3. The van der Waals surface area contributed by atoms with E-state index in [9.17, 15) is 4.79 Å². The van der Waals surface area contributed by atoms with E-state index in [-0.39, 0.29) is 5.91 Å². The third kappa shape index (κ3) is 3.86. The highest BCUT2D eigenvalue weighted by atomic mass is 16.2. The number of anilines is 4. The number of carbonyl (C=O) groups is 1. The molecule has 0 aliphatic carbocycles. The quantitative estimate of drug-likeness (QED) is 0.373. The van der Waals surface area contributed by atoms with Crippen LogP contribution in [-0.4, -0.2) is 15.9 Å². The normalized spacial score (nSPS) is 10.6. The van der Waals surface area contributed by atoms with E-state index in [0.717, 1.165) is 27.6 Å². The first kappa shape index (κ1) is 19.2. The van der Waals surface area contributed by atoms with Crippen LogP contribution in [0.2, 0.25) is 0 Å². The third-order valence-corrected chi connectivity index (χ3v) is 4.86. The Hall–Kier alpha value is -4.13. The van der Waals surface area contributed by atoms with Crippen molar-refractivity contribution in [2.45, 2.75) is 13.8 Å². The second-order valence-corrected chi connectivity index (χ2v) is 7.03. The van der Waals surface area contributed by atoms with Crippen LogP contribution in [0.1, 0.15) is 21.5 Å². The molecule has 7 nitrogen and oxygen atoms in total. The molecule has 1 heterocycles. The van der Waals surface area contributed by atoms with E-state index in [0.29, 0.717) is 22.9 Å². The number of hydrogen-bond acceptors (Lipinski definition) is 6. The van der Waals surface area contributed by atoms with Crippen molar-refractivity contribution in [3.63, 3.8) is 0 Å². The zero-order chi connectivity index (χ0) is 21.1. The van der Waals surface area contributed by atoms with Crippen molar-refractivity contribution in [3.05, 3.63) is 83.7 Å². The summed E-state index contributed by atoms with van der Waals surface area (Å²) in [5, 5.41) is 5.10. The Morgan fingerprint density at radius 2 is 1.70 bits per heavy atom. The van der Waals surface area contributed by atoms with Gasteiger partial charge in [-0.2, -0.15) is 0 Å². The predicted octanol–water partition coefficient (Wildman–Crippen LogP) is 4.33. The van der Waals surface area contributed by atoms with Crippen LogP contribution in [0, 0.1) is 13.8 Å². The third-order valence-electron chi connectivity index (χ3n) is 4.86. The number of hydrazine groups is 1. The molecular formula is C23H22N6O. The Bertz CT molecular complexity index is 1230. The summed E-state index contributed by atoms with van der Waals surface area (Å²) in [6.45, 7) is 4.02. The number of fused-ring (bicyclic) bond motifs is 1. The summed E-state index contributed by atoms with van der Waals surface area (Å²) < 4.78 is 0. The molecule has 5 N–H and O–H groups in total. The first-order valence-electron chi connectivity index (χ1n) is 9.52. The number of aromatic nitrogens is 2. The second-order valence-electron chi connectivity index (χ2n) is 7.03. The first-order chi connectivity index (χ1) is 14.5. The average molecular weight is 398 g/mol. The Morgan fingerprint density at radius 3 is 2.57 bits per heavy atom. The van der Waals surface area contributed by atoms with E-state index in [2.05, 4.69) is 26.1 Å². The molecule has 0 radical (unpaired) electrons. The number of nitrogens with zero attached hydrogens (tertiary/aromatic N) is 2. The van der Waals surface area contributed by atoms with Crippen molar-refractivity contribution in [1.82, 2.24) is 15.4 Å². The molecule has 4 rings (SSSR count). The molecule has 0 saturated heterocycles. The number of nitrogens with one attached hydrogen (secondary N) is 3. The van der Waals surface area contributed by atoms with E-state index in [1.165, 1.54) is 6.33 Å². The first-order valence-corrected chi connectivity index (χ1v) is 9.52. The maximum absolute atomic E-state index is 12.7. The summed E-state index contributed by atoms with van der Waals surface area (Å²) in [5.41, 5.74) is 15.7. The van der Waals surface area contributed by atoms with Crippen LogP contribution >= 0.6 is 0 Å². The molecule has 0 aliphatic rings. The highest BCUT2D eigenvalue weighted by molar-refractivity contribution is 6.07. The van der Waals surface area contributed by atoms with Crippen LogP contribution in [0.25, 0.3) is 10.8 Å². The molecular weight excluding hydrogens is 376 g/mol. The lowest BCUT2D eigenvalue weighted by Crippen LogP contribution is -2.30. The number of hydrogen-bond donors (Lipinski definition) is 4. The van der Waals surface area contributed by atoms with Crippen LogP contribution in [0.3, 0.4) is 0 Å². The van der Waals surface area contributed by atoms with Gasteiger partial charge in [-0.25, -0.2) is 9.97 Å². The summed E-state index contributed by atoms with van der Waals surface area (Å²) in [6.07, 6.45) is 1.39. The lowest BCUT2D eigenvalue weighted by Gasteiger charge is -2.15. The Balaban J connectivity index is 1.53. The predicted molar refractivity (Wildman–Crippen MR) is 121 cm³/mol. The molecule has 1 aromatic heterocycles. The summed E-state index contributed by atoms with van der Waals surface area (Å²) in [4.78, 5) is 21.1. The molecule has 7 heteroatoms. The molecule has 1 amide bonds. The van der Waals surface area contributed by atoms with E-state index in [1.807, 2.05) is 68.4 Å². The number of amides is 1. The zero-order valence-electron chi connectivity index (χ0n) is 16.7. The fourth-order valence-corrected chi connectivity index (χ4v) is 3.20. The van der Waals surface area contributed by atoms with Gasteiger partial charge in [0, 0.05) is 11.3 Å². The van der Waals surface area contributed by atoms with Gasteiger partial charge >= 0.3 is 0 Å². The molecule has 0 spiro atoms. The summed E-state index contributed by atoms with van der Waals surface area (Å²) in [5.74, 6) is 0.487. The molecule has 3 aromatic carbocycles. The molecule has 0 aliphatic heterocycles. The van der Waals surface area contributed by atoms with E-state index in [4.69, 9.17) is 5.73 Å². The van der Waals surface area contributed by atoms with Gasteiger partial charge in [0.15, 0.2) is 11.6 Å². The van der Waals surface area contributed by atoms with Crippen molar-refractivity contribution in [2.75, 3.05) is 16.5 Å². The highest BCUT2D eigenvalue weighted by Crippen LogP contribution is 2.27. The van der Waals surface area contributed by atoms with Crippen LogP contribution in [-0.2, 0) is 0 Å². The zero-order valence-corrected chi connectivity index (χ0v) is 16.7. The standard InChI is InChI=1S/C23H22N6O/c1-14-10-11-15(2)19(12-14)27-21-20(24)22(26-13-25-21)28-29-23(30)18-9-5-7-16-6-3-4-8-17(16)18/h3-13H,24H2,1-2H3,(H,29,30)(H2,25,26,27,28). The van der Waals surface area contributed by atoms with Crippen LogP contribution in [0.15, 0.2) is 67.0 Å². The number of carbonyl (C=O) groups excluding carboxylic acids is 1. The fraction of sp³-hybridized carbons (Fsp3) is 0.0870. The number of nitrogen functional groups attached to an aromatic ring is 1. The molecule has 0 saturated carbocycles. The minimum absolute atomic E-state index is 0.283. The highest BCUT2D eigenvalue weighted by Gasteiger charge is 2.13. The number of nitrogens with two attached hydrogens (primary N) is 1. The van der Waals surface area contributed by atoms with E-state index in [1.54, 1.807) is 6.07 Å². The van der Waals surface area contributed by atoms with Gasteiger partial charge in [-0.1, -0.05) is 48.5 Å². The molecule has 0 fully saturated rings. The number of rotatable bonds is 5. The van der Waals surface area contributed by atoms with Gasteiger partial charge < -0.3 is 11.1 Å². The SMILES string of the molecule is Cc1ccc(C)c(Nc2ncnc(NNC(=O)c3cccc4ccccc34)c2N)c1. The van der Waals surface area contributed by atoms with Crippen LogP contribution in [0.5, 0.6) is 0 Å². The largest absolute Gasteiger partial charge is 0.393 e.